The van der Waals surface area contributed by atoms with Crippen LogP contribution in [0.15, 0.2) is 5.38 Å². The van der Waals surface area contributed by atoms with Gasteiger partial charge in [0.2, 0.25) is 0 Å². The molecule has 1 heterocycles. The van der Waals surface area contributed by atoms with E-state index in [0.29, 0.717) is 13.0 Å². The van der Waals surface area contributed by atoms with Gasteiger partial charge in [-0.3, -0.25) is 4.79 Å². The van der Waals surface area contributed by atoms with Gasteiger partial charge in [0, 0.05) is 11.1 Å². The van der Waals surface area contributed by atoms with Crippen molar-refractivity contribution in [3.05, 3.63) is 16.1 Å². The molecule has 0 aliphatic rings. The first-order chi connectivity index (χ1) is 5.72. The molecule has 1 rings (SSSR count). The highest BCUT2D eigenvalue weighted by Crippen LogP contribution is 2.08. The van der Waals surface area contributed by atoms with Crippen LogP contribution in [0.1, 0.15) is 10.7 Å². The molecule has 1 N–H and O–H groups in total. The Kier molecular flexibility index (Phi) is 3.37. The summed E-state index contributed by atoms with van der Waals surface area (Å²) in [6, 6.07) is 0. The summed E-state index contributed by atoms with van der Waals surface area (Å²) in [5, 5.41) is 5.69. The van der Waals surface area contributed by atoms with Crippen LogP contribution in [-0.2, 0) is 11.2 Å². The van der Waals surface area contributed by atoms with Crippen molar-refractivity contribution in [2.45, 2.75) is 13.3 Å². The summed E-state index contributed by atoms with van der Waals surface area (Å²) in [5.41, 5.74) is 0.993. The van der Waals surface area contributed by atoms with Gasteiger partial charge in [-0.05, 0) is 14.0 Å². The maximum absolute atomic E-state index is 11.1. The minimum atomic E-state index is 0.187. The number of carbonyl (C=O) groups excluding carboxylic acids is 1. The van der Waals surface area contributed by atoms with E-state index in [1.165, 1.54) is 0 Å². The van der Waals surface area contributed by atoms with Crippen molar-refractivity contribution < 1.29 is 4.79 Å². The molecule has 66 valence electrons. The third-order valence-electron chi connectivity index (χ3n) is 1.39. The predicted molar refractivity (Wildman–Crippen MR) is 49.5 cm³/mol. The number of nitrogens with one attached hydrogen (secondary N) is 1. The summed E-state index contributed by atoms with van der Waals surface area (Å²) in [7, 11) is 1.77. The van der Waals surface area contributed by atoms with E-state index in [2.05, 4.69) is 10.3 Å². The molecule has 3 nitrogen and oxygen atoms in total. The fourth-order valence-electron chi connectivity index (χ4n) is 0.912. The van der Waals surface area contributed by atoms with Crippen LogP contribution in [0.4, 0.5) is 0 Å². The minimum absolute atomic E-state index is 0.187. The topological polar surface area (TPSA) is 42.0 Å². The van der Waals surface area contributed by atoms with E-state index in [9.17, 15) is 4.79 Å². The average molecular weight is 184 g/mol. The fraction of sp³-hybridized carbons (Fsp3) is 0.500. The third-order valence-corrected chi connectivity index (χ3v) is 2.36. The number of ketones is 1. The van der Waals surface area contributed by atoms with Crippen molar-refractivity contribution in [1.82, 2.24) is 10.3 Å². The van der Waals surface area contributed by atoms with Crippen LogP contribution in [0.3, 0.4) is 0 Å². The molecule has 0 fully saturated rings. The second kappa shape index (κ2) is 4.33. The van der Waals surface area contributed by atoms with Crippen molar-refractivity contribution in [3.63, 3.8) is 0 Å². The lowest BCUT2D eigenvalue weighted by atomic mass is 10.3. The molecule has 0 atom stereocenters. The molecular formula is C8H12N2OS. The Balaban J connectivity index is 2.46. The first-order valence-corrected chi connectivity index (χ1v) is 4.67. The zero-order chi connectivity index (χ0) is 8.97. The van der Waals surface area contributed by atoms with Crippen molar-refractivity contribution in [2.24, 2.45) is 0 Å². The summed E-state index contributed by atoms with van der Waals surface area (Å²) in [4.78, 5) is 15.3. The van der Waals surface area contributed by atoms with E-state index in [-0.39, 0.29) is 5.78 Å². The van der Waals surface area contributed by atoms with E-state index >= 15 is 0 Å². The highest BCUT2D eigenvalue weighted by atomic mass is 32.1. The Morgan fingerprint density at radius 2 is 2.50 bits per heavy atom. The molecule has 1 aromatic heterocycles. The molecule has 0 aromatic carbocycles. The summed E-state index contributed by atoms with van der Waals surface area (Å²) >= 11 is 1.54. The van der Waals surface area contributed by atoms with Gasteiger partial charge in [0.05, 0.1) is 13.0 Å². The first-order valence-electron chi connectivity index (χ1n) is 3.79. The molecule has 0 aliphatic heterocycles. The summed E-state index contributed by atoms with van der Waals surface area (Å²) in [6.45, 7) is 2.36. The van der Waals surface area contributed by atoms with Crippen LogP contribution in [0, 0.1) is 6.92 Å². The number of nitrogens with zero attached hydrogens (tertiary/aromatic N) is 1. The van der Waals surface area contributed by atoms with E-state index < -0.39 is 0 Å². The second-order valence-corrected chi connectivity index (χ2v) is 3.57. The Morgan fingerprint density at radius 3 is 3.00 bits per heavy atom. The number of aryl methyl sites for hydroxylation is 1. The third kappa shape index (κ3) is 2.71. The van der Waals surface area contributed by atoms with Crippen molar-refractivity contribution in [2.75, 3.05) is 13.6 Å². The Bertz CT molecular complexity index is 270. The number of thiazole rings is 1. The number of rotatable bonds is 4. The Morgan fingerprint density at radius 1 is 1.75 bits per heavy atom. The Hall–Kier alpha value is -0.740. The van der Waals surface area contributed by atoms with Crippen LogP contribution in [0.2, 0.25) is 0 Å². The van der Waals surface area contributed by atoms with Crippen molar-refractivity contribution in [3.8, 4) is 0 Å². The van der Waals surface area contributed by atoms with Crippen molar-refractivity contribution in [1.29, 1.82) is 0 Å². The molecule has 0 unspecified atom stereocenters. The van der Waals surface area contributed by atoms with Gasteiger partial charge in [-0.2, -0.15) is 0 Å². The molecule has 1 aromatic rings. The lowest BCUT2D eigenvalue weighted by molar-refractivity contribution is -0.117. The molecule has 0 spiro atoms. The summed E-state index contributed by atoms with van der Waals surface area (Å²) in [5.74, 6) is 0.187. The van der Waals surface area contributed by atoms with Gasteiger partial charge >= 0.3 is 0 Å². The summed E-state index contributed by atoms with van der Waals surface area (Å²) < 4.78 is 0. The smallest absolute Gasteiger partial charge is 0.153 e. The number of hydrogen-bond acceptors (Lipinski definition) is 4. The molecule has 0 aliphatic carbocycles. The molecule has 0 saturated heterocycles. The monoisotopic (exact) mass is 184 g/mol. The van der Waals surface area contributed by atoms with Crippen LogP contribution in [0.25, 0.3) is 0 Å². The van der Waals surface area contributed by atoms with Gasteiger partial charge in [-0.25, -0.2) is 4.98 Å². The van der Waals surface area contributed by atoms with Gasteiger partial charge in [0.15, 0.2) is 5.78 Å². The normalized spacial score (nSPS) is 10.2. The zero-order valence-corrected chi connectivity index (χ0v) is 8.07. The number of Topliss-reactive ketones (excluding diaryl/α,β-unsaturated/α-hetero) is 1. The van der Waals surface area contributed by atoms with Gasteiger partial charge in [-0.15, -0.1) is 11.3 Å². The van der Waals surface area contributed by atoms with Gasteiger partial charge < -0.3 is 5.32 Å². The van der Waals surface area contributed by atoms with Crippen LogP contribution >= 0.6 is 11.3 Å². The molecule has 0 bridgehead atoms. The molecule has 0 saturated carbocycles. The zero-order valence-electron chi connectivity index (χ0n) is 7.26. The van der Waals surface area contributed by atoms with Crippen LogP contribution < -0.4 is 5.32 Å². The summed E-state index contributed by atoms with van der Waals surface area (Å²) in [6.07, 6.45) is 0.458. The number of aromatic nitrogens is 1. The maximum atomic E-state index is 11.1. The van der Waals surface area contributed by atoms with Crippen LogP contribution in [0.5, 0.6) is 0 Å². The van der Waals surface area contributed by atoms with Gasteiger partial charge in [0.25, 0.3) is 0 Å². The van der Waals surface area contributed by atoms with E-state index in [0.717, 1.165) is 10.7 Å². The van der Waals surface area contributed by atoms with Gasteiger partial charge in [0.1, 0.15) is 5.01 Å². The largest absolute Gasteiger partial charge is 0.313 e. The van der Waals surface area contributed by atoms with E-state index in [4.69, 9.17) is 0 Å². The highest BCUT2D eigenvalue weighted by molar-refractivity contribution is 7.09. The number of hydrogen-bond donors (Lipinski definition) is 1. The first kappa shape index (κ1) is 9.35. The van der Waals surface area contributed by atoms with E-state index in [1.807, 2.05) is 12.3 Å². The standard InChI is InChI=1S/C8H12N2OS/c1-6-5-12-8(10-6)3-7(11)4-9-2/h5,9H,3-4H2,1-2H3. The maximum Gasteiger partial charge on any atom is 0.153 e. The molecule has 4 heteroatoms. The van der Waals surface area contributed by atoms with Crippen LogP contribution in [-0.4, -0.2) is 24.4 Å². The lowest BCUT2D eigenvalue weighted by Crippen LogP contribution is -2.20. The predicted octanol–water partition coefficient (Wildman–Crippen LogP) is 0.783. The van der Waals surface area contributed by atoms with E-state index in [1.54, 1.807) is 18.4 Å². The molecule has 0 amide bonds. The number of carbonyl (C=O) groups is 1. The molecular weight excluding hydrogens is 172 g/mol. The quantitative estimate of drug-likeness (QED) is 0.752. The van der Waals surface area contributed by atoms with Gasteiger partial charge in [-0.1, -0.05) is 0 Å². The Labute approximate surface area is 75.8 Å². The minimum Gasteiger partial charge on any atom is -0.313 e. The fourth-order valence-corrected chi connectivity index (χ4v) is 1.71. The SMILES string of the molecule is CNCC(=O)Cc1nc(C)cs1. The highest BCUT2D eigenvalue weighted by Gasteiger charge is 2.04. The number of likely N-dealkylation sites (N-methyl/N-ethyl adjacent to an activating group) is 1. The lowest BCUT2D eigenvalue weighted by Gasteiger charge is -1.94. The average Bonchev–Trinajstić information content (AvgIpc) is 2.36. The molecule has 0 radical (unpaired) electrons. The second-order valence-electron chi connectivity index (χ2n) is 2.63. The van der Waals surface area contributed by atoms with Crippen molar-refractivity contribution >= 4 is 17.1 Å². The molecule has 12 heavy (non-hydrogen) atoms.